The van der Waals surface area contributed by atoms with Crippen molar-refractivity contribution in [2.75, 3.05) is 18.0 Å². The van der Waals surface area contributed by atoms with Crippen molar-refractivity contribution in [3.05, 3.63) is 36.7 Å². The van der Waals surface area contributed by atoms with Crippen molar-refractivity contribution in [1.29, 1.82) is 0 Å². The Hall–Kier alpha value is -1.61. The van der Waals surface area contributed by atoms with Crippen molar-refractivity contribution < 1.29 is 0 Å². The van der Waals surface area contributed by atoms with Gasteiger partial charge in [-0.1, -0.05) is 12.1 Å². The summed E-state index contributed by atoms with van der Waals surface area (Å²) in [7, 11) is 0. The summed E-state index contributed by atoms with van der Waals surface area (Å²) < 4.78 is 0. The van der Waals surface area contributed by atoms with Crippen molar-refractivity contribution in [3.8, 4) is 0 Å². The van der Waals surface area contributed by atoms with E-state index in [2.05, 4.69) is 34.1 Å². The van der Waals surface area contributed by atoms with E-state index in [1.807, 2.05) is 12.4 Å². The van der Waals surface area contributed by atoms with E-state index in [0.717, 1.165) is 25.9 Å². The summed E-state index contributed by atoms with van der Waals surface area (Å²) >= 11 is 0. The molecule has 1 aliphatic heterocycles. The average Bonchev–Trinajstić information content (AvgIpc) is 2.39. The summed E-state index contributed by atoms with van der Waals surface area (Å²) in [5, 5.41) is 2.50. The number of piperidine rings is 1. The van der Waals surface area contributed by atoms with Gasteiger partial charge in [0.2, 0.25) is 0 Å². The van der Waals surface area contributed by atoms with Crippen LogP contribution in [0.4, 0.5) is 5.69 Å². The summed E-state index contributed by atoms with van der Waals surface area (Å²) in [4.78, 5) is 6.66. The molecule has 88 valence electrons. The molecule has 2 N–H and O–H groups in total. The maximum Gasteiger partial charge on any atom is 0.0461 e. The van der Waals surface area contributed by atoms with Gasteiger partial charge in [0.1, 0.15) is 0 Å². The van der Waals surface area contributed by atoms with Crippen molar-refractivity contribution in [2.24, 2.45) is 5.73 Å². The van der Waals surface area contributed by atoms with Crippen LogP contribution in [0.2, 0.25) is 0 Å². The van der Waals surface area contributed by atoms with Crippen LogP contribution >= 0.6 is 0 Å². The fourth-order valence-corrected chi connectivity index (χ4v) is 2.51. The number of pyridine rings is 1. The number of aromatic nitrogens is 1. The smallest absolute Gasteiger partial charge is 0.0461 e. The van der Waals surface area contributed by atoms with Crippen molar-refractivity contribution >= 4 is 16.5 Å². The molecule has 3 heteroatoms. The lowest BCUT2D eigenvalue weighted by molar-refractivity contribution is 0.502. The molecule has 3 rings (SSSR count). The number of anilines is 1. The monoisotopic (exact) mass is 227 g/mol. The highest BCUT2D eigenvalue weighted by atomic mass is 15.1. The van der Waals surface area contributed by atoms with Gasteiger partial charge in [0.15, 0.2) is 0 Å². The minimum atomic E-state index is 0.374. The van der Waals surface area contributed by atoms with E-state index in [4.69, 9.17) is 5.73 Å². The molecule has 0 spiro atoms. The summed E-state index contributed by atoms with van der Waals surface area (Å²) in [6.07, 6.45) is 5.96. The van der Waals surface area contributed by atoms with Gasteiger partial charge in [-0.15, -0.1) is 0 Å². The fraction of sp³-hybridized carbons (Fsp3) is 0.357. The highest BCUT2D eigenvalue weighted by Crippen LogP contribution is 2.27. The summed E-state index contributed by atoms with van der Waals surface area (Å²) in [5.74, 6) is 0. The first kappa shape index (κ1) is 10.5. The van der Waals surface area contributed by atoms with E-state index >= 15 is 0 Å². The zero-order valence-corrected chi connectivity index (χ0v) is 9.84. The molecule has 3 nitrogen and oxygen atoms in total. The molecular weight excluding hydrogens is 210 g/mol. The second-order valence-corrected chi connectivity index (χ2v) is 4.70. The van der Waals surface area contributed by atoms with E-state index in [0.29, 0.717) is 6.04 Å². The van der Waals surface area contributed by atoms with Gasteiger partial charge in [-0.05, 0) is 30.4 Å². The molecule has 0 amide bonds. The molecule has 2 heterocycles. The summed E-state index contributed by atoms with van der Waals surface area (Å²) in [6, 6.07) is 8.87. The molecule has 1 aromatic carbocycles. The Kier molecular flexibility index (Phi) is 2.69. The molecule has 1 fully saturated rings. The SMILES string of the molecule is NC1CCN(c2cccc3ccncc23)CC1. The first-order valence-corrected chi connectivity index (χ1v) is 6.18. The van der Waals surface area contributed by atoms with E-state index in [1.54, 1.807) is 0 Å². The minimum Gasteiger partial charge on any atom is -0.371 e. The molecule has 0 radical (unpaired) electrons. The van der Waals surface area contributed by atoms with Gasteiger partial charge in [-0.2, -0.15) is 0 Å². The highest BCUT2D eigenvalue weighted by Gasteiger charge is 2.17. The Morgan fingerprint density at radius 3 is 2.82 bits per heavy atom. The molecule has 0 aliphatic carbocycles. The molecule has 1 aromatic heterocycles. The Labute approximate surface area is 101 Å². The quantitative estimate of drug-likeness (QED) is 0.811. The molecule has 0 saturated carbocycles. The van der Waals surface area contributed by atoms with Crippen LogP contribution in [-0.2, 0) is 0 Å². The van der Waals surface area contributed by atoms with Crippen molar-refractivity contribution in [1.82, 2.24) is 4.98 Å². The molecule has 0 unspecified atom stereocenters. The predicted molar refractivity (Wildman–Crippen MR) is 71.2 cm³/mol. The normalized spacial score (nSPS) is 17.6. The van der Waals surface area contributed by atoms with Crippen LogP contribution in [0.3, 0.4) is 0 Å². The second-order valence-electron chi connectivity index (χ2n) is 4.70. The Balaban J connectivity index is 2.00. The zero-order valence-electron chi connectivity index (χ0n) is 9.84. The van der Waals surface area contributed by atoms with Gasteiger partial charge >= 0.3 is 0 Å². The Morgan fingerprint density at radius 1 is 1.18 bits per heavy atom. The molecule has 2 aromatic rings. The lowest BCUT2D eigenvalue weighted by Gasteiger charge is -2.32. The van der Waals surface area contributed by atoms with Crippen molar-refractivity contribution in [3.63, 3.8) is 0 Å². The van der Waals surface area contributed by atoms with Gasteiger partial charge in [0.05, 0.1) is 0 Å². The molecule has 1 saturated heterocycles. The van der Waals surface area contributed by atoms with Crippen LogP contribution < -0.4 is 10.6 Å². The molecular formula is C14H17N3. The summed E-state index contributed by atoms with van der Waals surface area (Å²) in [6.45, 7) is 2.10. The third kappa shape index (κ3) is 1.98. The molecule has 17 heavy (non-hydrogen) atoms. The lowest BCUT2D eigenvalue weighted by Crippen LogP contribution is -2.39. The van der Waals surface area contributed by atoms with Gasteiger partial charge in [-0.25, -0.2) is 0 Å². The van der Waals surface area contributed by atoms with Gasteiger partial charge in [0.25, 0.3) is 0 Å². The number of fused-ring (bicyclic) bond motifs is 1. The van der Waals surface area contributed by atoms with Crippen LogP contribution in [0, 0.1) is 0 Å². The fourth-order valence-electron chi connectivity index (χ4n) is 2.51. The van der Waals surface area contributed by atoms with E-state index < -0.39 is 0 Å². The summed E-state index contributed by atoms with van der Waals surface area (Å²) in [5.41, 5.74) is 7.24. The lowest BCUT2D eigenvalue weighted by atomic mass is 10.0. The number of nitrogens with two attached hydrogens (primary N) is 1. The van der Waals surface area contributed by atoms with Gasteiger partial charge in [0, 0.05) is 42.6 Å². The van der Waals surface area contributed by atoms with Crippen LogP contribution in [-0.4, -0.2) is 24.1 Å². The van der Waals surface area contributed by atoms with E-state index in [9.17, 15) is 0 Å². The van der Waals surface area contributed by atoms with E-state index in [1.165, 1.54) is 16.5 Å². The number of hydrogen-bond acceptors (Lipinski definition) is 3. The van der Waals surface area contributed by atoms with Crippen LogP contribution in [0.25, 0.3) is 10.8 Å². The predicted octanol–water partition coefficient (Wildman–Crippen LogP) is 2.16. The van der Waals surface area contributed by atoms with Crippen LogP contribution in [0.1, 0.15) is 12.8 Å². The largest absolute Gasteiger partial charge is 0.371 e. The van der Waals surface area contributed by atoms with Gasteiger partial charge in [-0.3, -0.25) is 4.98 Å². The third-order valence-corrected chi connectivity index (χ3v) is 3.54. The minimum absolute atomic E-state index is 0.374. The maximum absolute atomic E-state index is 5.95. The van der Waals surface area contributed by atoms with Crippen LogP contribution in [0.15, 0.2) is 36.7 Å². The maximum atomic E-state index is 5.95. The number of benzene rings is 1. The van der Waals surface area contributed by atoms with E-state index in [-0.39, 0.29) is 0 Å². The number of rotatable bonds is 1. The number of nitrogens with zero attached hydrogens (tertiary/aromatic N) is 2. The Morgan fingerprint density at radius 2 is 2.00 bits per heavy atom. The molecule has 0 atom stereocenters. The first-order chi connectivity index (χ1) is 8.34. The molecule has 0 bridgehead atoms. The topological polar surface area (TPSA) is 42.1 Å². The van der Waals surface area contributed by atoms with Crippen molar-refractivity contribution in [2.45, 2.75) is 18.9 Å². The average molecular weight is 227 g/mol. The van der Waals surface area contributed by atoms with Gasteiger partial charge < -0.3 is 10.6 Å². The first-order valence-electron chi connectivity index (χ1n) is 6.18. The standard InChI is InChI=1S/C14H17N3/c15-12-5-8-17(9-6-12)14-3-1-2-11-4-7-16-10-13(11)14/h1-4,7,10,12H,5-6,8-9,15H2. The molecule has 1 aliphatic rings. The van der Waals surface area contributed by atoms with Crippen LogP contribution in [0.5, 0.6) is 0 Å². The Bertz CT molecular complexity index is 510. The number of hydrogen-bond donors (Lipinski definition) is 1. The second kappa shape index (κ2) is 4.34. The zero-order chi connectivity index (χ0) is 11.7. The third-order valence-electron chi connectivity index (χ3n) is 3.54. The highest BCUT2D eigenvalue weighted by molar-refractivity contribution is 5.93.